The standard InChI is InChI=1S/C13H14INO4S/c1-9-2-4-10(5-3-9)20(17,18)15-8-13(7-14)6-11(15)12(16)19-13/h2-5,11H,6-8H2,1H3/t11-,13+/m0/s1. The molecule has 0 aliphatic carbocycles. The highest BCUT2D eigenvalue weighted by Gasteiger charge is 2.59. The number of carbonyl (C=O) groups is 1. The van der Waals surface area contributed by atoms with Gasteiger partial charge in [0.25, 0.3) is 0 Å². The maximum Gasteiger partial charge on any atom is 0.325 e. The van der Waals surface area contributed by atoms with Gasteiger partial charge in [-0.05, 0) is 19.1 Å². The summed E-state index contributed by atoms with van der Waals surface area (Å²) in [4.78, 5) is 12.0. The smallest absolute Gasteiger partial charge is 0.325 e. The van der Waals surface area contributed by atoms with E-state index in [4.69, 9.17) is 4.74 Å². The molecule has 7 heteroatoms. The lowest BCUT2D eigenvalue weighted by Crippen LogP contribution is -2.48. The molecule has 0 unspecified atom stereocenters. The largest absolute Gasteiger partial charge is 0.456 e. The number of carbonyl (C=O) groups excluding carboxylic acids is 1. The summed E-state index contributed by atoms with van der Waals surface area (Å²) in [5.41, 5.74) is 0.357. The second kappa shape index (κ2) is 4.67. The van der Waals surface area contributed by atoms with Crippen LogP contribution >= 0.6 is 22.6 Å². The quantitative estimate of drug-likeness (QED) is 0.433. The molecule has 2 saturated heterocycles. The maximum atomic E-state index is 12.7. The van der Waals surface area contributed by atoms with Crippen LogP contribution in [0.15, 0.2) is 29.2 Å². The van der Waals surface area contributed by atoms with Crippen LogP contribution in [0.5, 0.6) is 0 Å². The summed E-state index contributed by atoms with van der Waals surface area (Å²) in [5.74, 6) is -0.427. The molecule has 20 heavy (non-hydrogen) atoms. The molecule has 2 aliphatic rings. The van der Waals surface area contributed by atoms with Crippen molar-refractivity contribution in [1.29, 1.82) is 0 Å². The molecule has 2 bridgehead atoms. The summed E-state index contributed by atoms with van der Waals surface area (Å²) in [6, 6.07) is 6.01. The second-order valence-electron chi connectivity index (χ2n) is 5.32. The summed E-state index contributed by atoms with van der Waals surface area (Å²) in [6.45, 7) is 2.15. The Morgan fingerprint density at radius 3 is 2.60 bits per heavy atom. The monoisotopic (exact) mass is 407 g/mol. The van der Waals surface area contributed by atoms with Gasteiger partial charge in [0.15, 0.2) is 0 Å². The van der Waals surface area contributed by atoms with Crippen molar-refractivity contribution in [2.24, 2.45) is 0 Å². The SMILES string of the molecule is Cc1ccc(S(=O)(=O)N2C[C@]3(CI)C[C@H]2C(=O)O3)cc1. The Hall–Kier alpha value is -0.670. The molecular formula is C13H14INO4S. The molecule has 1 aromatic carbocycles. The summed E-state index contributed by atoms with van der Waals surface area (Å²) in [7, 11) is -3.64. The van der Waals surface area contributed by atoms with Crippen molar-refractivity contribution in [2.75, 3.05) is 11.0 Å². The van der Waals surface area contributed by atoms with Crippen molar-refractivity contribution < 1.29 is 17.9 Å². The number of morpholine rings is 1. The molecule has 3 rings (SSSR count). The van der Waals surface area contributed by atoms with Gasteiger partial charge >= 0.3 is 5.97 Å². The topological polar surface area (TPSA) is 63.7 Å². The Morgan fingerprint density at radius 2 is 2.05 bits per heavy atom. The van der Waals surface area contributed by atoms with E-state index in [-0.39, 0.29) is 11.4 Å². The first-order valence-corrected chi connectivity index (χ1v) is 9.22. The molecule has 5 nitrogen and oxygen atoms in total. The number of benzene rings is 1. The number of aryl methyl sites for hydroxylation is 1. The molecule has 2 fully saturated rings. The lowest BCUT2D eigenvalue weighted by molar-refractivity contribution is -0.154. The molecule has 1 aromatic rings. The molecule has 0 amide bonds. The second-order valence-corrected chi connectivity index (χ2v) is 7.97. The molecule has 0 aromatic heterocycles. The third-order valence-corrected chi connectivity index (χ3v) is 7.08. The highest BCUT2D eigenvalue weighted by Crippen LogP contribution is 2.42. The van der Waals surface area contributed by atoms with Crippen LogP contribution in [0, 0.1) is 6.92 Å². The number of esters is 1. The zero-order valence-corrected chi connectivity index (χ0v) is 13.8. The number of hydrogen-bond donors (Lipinski definition) is 0. The van der Waals surface area contributed by atoms with Crippen molar-refractivity contribution >= 4 is 38.6 Å². The van der Waals surface area contributed by atoms with E-state index in [0.717, 1.165) is 5.56 Å². The minimum absolute atomic E-state index is 0.229. The van der Waals surface area contributed by atoms with Crippen LogP contribution < -0.4 is 0 Å². The molecule has 2 atom stereocenters. The van der Waals surface area contributed by atoms with Gasteiger partial charge in [-0.2, -0.15) is 4.31 Å². The highest BCUT2D eigenvalue weighted by atomic mass is 127. The fourth-order valence-electron chi connectivity index (χ4n) is 2.69. The molecule has 2 heterocycles. The van der Waals surface area contributed by atoms with Crippen LogP contribution in [-0.2, 0) is 19.6 Å². The third-order valence-electron chi connectivity index (χ3n) is 3.82. The van der Waals surface area contributed by atoms with Gasteiger partial charge in [0.1, 0.15) is 11.6 Å². The van der Waals surface area contributed by atoms with E-state index in [0.29, 0.717) is 10.8 Å². The molecule has 0 spiro atoms. The van der Waals surface area contributed by atoms with Crippen molar-refractivity contribution in [3.05, 3.63) is 29.8 Å². The van der Waals surface area contributed by atoms with Crippen LogP contribution in [0.3, 0.4) is 0 Å². The minimum atomic E-state index is -3.64. The van der Waals surface area contributed by atoms with Gasteiger partial charge in [-0.3, -0.25) is 4.79 Å². The van der Waals surface area contributed by atoms with E-state index in [1.165, 1.54) is 4.31 Å². The third kappa shape index (κ3) is 2.06. The molecule has 0 N–H and O–H groups in total. The number of fused-ring (bicyclic) bond motifs is 2. The first kappa shape index (κ1) is 14.3. The van der Waals surface area contributed by atoms with E-state index in [2.05, 4.69) is 22.6 Å². The van der Waals surface area contributed by atoms with Crippen LogP contribution in [0.4, 0.5) is 0 Å². The lowest BCUT2D eigenvalue weighted by Gasteiger charge is -2.30. The van der Waals surface area contributed by atoms with Crippen LogP contribution in [0.2, 0.25) is 0 Å². The van der Waals surface area contributed by atoms with E-state index < -0.39 is 27.6 Å². The molecule has 108 valence electrons. The predicted molar refractivity (Wildman–Crippen MR) is 81.2 cm³/mol. The fraction of sp³-hybridized carbons (Fsp3) is 0.462. The highest BCUT2D eigenvalue weighted by molar-refractivity contribution is 14.1. The molecule has 0 saturated carbocycles. The summed E-state index contributed by atoms with van der Waals surface area (Å²) in [6.07, 6.45) is 0.458. The molecule has 2 aliphatic heterocycles. The number of sulfonamides is 1. The average molecular weight is 407 g/mol. The number of hydrogen-bond acceptors (Lipinski definition) is 4. The number of alkyl halides is 1. The Labute approximate surface area is 131 Å². The van der Waals surface area contributed by atoms with Crippen molar-refractivity contribution in [3.8, 4) is 0 Å². The predicted octanol–water partition coefficient (Wildman–Crippen LogP) is 1.49. The van der Waals surface area contributed by atoms with E-state index in [1.807, 2.05) is 6.92 Å². The van der Waals surface area contributed by atoms with E-state index in [1.54, 1.807) is 24.3 Å². The van der Waals surface area contributed by atoms with Gasteiger partial charge in [-0.25, -0.2) is 8.42 Å². The number of nitrogens with zero attached hydrogens (tertiary/aromatic N) is 1. The number of rotatable bonds is 3. The van der Waals surface area contributed by atoms with Gasteiger partial charge in [-0.15, -0.1) is 0 Å². The van der Waals surface area contributed by atoms with Gasteiger partial charge in [0.05, 0.1) is 11.4 Å². The van der Waals surface area contributed by atoms with E-state index in [9.17, 15) is 13.2 Å². The van der Waals surface area contributed by atoms with Gasteiger partial charge in [-0.1, -0.05) is 40.3 Å². The zero-order valence-electron chi connectivity index (χ0n) is 10.9. The van der Waals surface area contributed by atoms with Crippen LogP contribution in [0.1, 0.15) is 12.0 Å². The Kier molecular flexibility index (Phi) is 3.33. The summed E-state index contributed by atoms with van der Waals surface area (Å²) >= 11 is 2.14. The average Bonchev–Trinajstić information content (AvgIpc) is 2.95. The summed E-state index contributed by atoms with van der Waals surface area (Å²) < 4.78 is 32.5. The lowest BCUT2D eigenvalue weighted by atomic mass is 10.1. The number of ether oxygens (including phenoxy) is 1. The van der Waals surface area contributed by atoms with Crippen LogP contribution in [-0.4, -0.2) is 41.3 Å². The fourth-order valence-corrected chi connectivity index (χ4v) is 5.05. The first-order chi connectivity index (χ1) is 9.38. The van der Waals surface area contributed by atoms with E-state index >= 15 is 0 Å². The minimum Gasteiger partial charge on any atom is -0.456 e. The molecular weight excluding hydrogens is 393 g/mol. The van der Waals surface area contributed by atoms with Gasteiger partial charge in [0.2, 0.25) is 10.0 Å². The van der Waals surface area contributed by atoms with Gasteiger partial charge < -0.3 is 4.74 Å². The van der Waals surface area contributed by atoms with Gasteiger partial charge in [0, 0.05) is 10.8 Å². The molecule has 0 radical (unpaired) electrons. The Bertz CT molecular complexity index is 657. The van der Waals surface area contributed by atoms with Crippen molar-refractivity contribution in [3.63, 3.8) is 0 Å². The zero-order chi connectivity index (χ0) is 14.5. The van der Waals surface area contributed by atoms with Crippen molar-refractivity contribution in [1.82, 2.24) is 4.31 Å². The maximum absolute atomic E-state index is 12.7. The normalized spacial score (nSPS) is 29.7. The van der Waals surface area contributed by atoms with Crippen LogP contribution in [0.25, 0.3) is 0 Å². The Balaban J connectivity index is 1.97. The summed E-state index contributed by atoms with van der Waals surface area (Å²) in [5, 5.41) is 0. The first-order valence-electron chi connectivity index (χ1n) is 6.25. The van der Waals surface area contributed by atoms with Crippen molar-refractivity contribution in [2.45, 2.75) is 29.9 Å². The number of halogens is 1. The Morgan fingerprint density at radius 1 is 1.40 bits per heavy atom.